The Labute approximate surface area is 156 Å². The maximum Gasteiger partial charge on any atom is 0.335 e. The zero-order chi connectivity index (χ0) is 20.0. The van der Waals surface area contributed by atoms with Gasteiger partial charge in [0.1, 0.15) is 5.75 Å². The number of methoxy groups -OCH3 is 3. The van der Waals surface area contributed by atoms with Crippen molar-refractivity contribution in [1.82, 2.24) is 0 Å². The van der Waals surface area contributed by atoms with E-state index < -0.39 is 11.9 Å². The summed E-state index contributed by atoms with van der Waals surface area (Å²) in [5.41, 5.74) is 1.45. The van der Waals surface area contributed by atoms with Crippen LogP contribution in [0.25, 0.3) is 0 Å². The smallest absolute Gasteiger partial charge is 0.335 e. The Kier molecular flexibility index (Phi) is 6.48. The summed E-state index contributed by atoms with van der Waals surface area (Å²) in [4.78, 5) is 23.5. The molecule has 0 bridgehead atoms. The monoisotopic (exact) mass is 375 g/mol. The number of anilines is 1. The summed E-state index contributed by atoms with van der Waals surface area (Å²) in [7, 11) is 4.24. The lowest BCUT2D eigenvalue weighted by Gasteiger charge is -2.16. The van der Waals surface area contributed by atoms with E-state index in [4.69, 9.17) is 24.1 Å². The van der Waals surface area contributed by atoms with Crippen LogP contribution in [0.3, 0.4) is 0 Å². The highest BCUT2D eigenvalue weighted by Gasteiger charge is 2.18. The van der Waals surface area contributed by atoms with Gasteiger partial charge in [0.25, 0.3) is 5.91 Å². The molecule has 0 unspecified atom stereocenters. The van der Waals surface area contributed by atoms with Crippen LogP contribution in [0.4, 0.5) is 5.69 Å². The van der Waals surface area contributed by atoms with E-state index in [1.165, 1.54) is 33.5 Å². The second-order valence-electron chi connectivity index (χ2n) is 5.56. The van der Waals surface area contributed by atoms with E-state index in [1.54, 1.807) is 12.1 Å². The van der Waals surface area contributed by atoms with Crippen LogP contribution in [0.15, 0.2) is 30.3 Å². The number of carbonyl (C=O) groups is 2. The van der Waals surface area contributed by atoms with Crippen LogP contribution >= 0.6 is 0 Å². The zero-order valence-corrected chi connectivity index (χ0v) is 15.5. The highest BCUT2D eigenvalue weighted by molar-refractivity contribution is 5.93. The van der Waals surface area contributed by atoms with Gasteiger partial charge in [-0.15, -0.1) is 0 Å². The van der Waals surface area contributed by atoms with E-state index in [1.807, 2.05) is 13.0 Å². The first-order chi connectivity index (χ1) is 12.9. The first-order valence-electron chi connectivity index (χ1n) is 7.96. The maximum atomic E-state index is 12.3. The van der Waals surface area contributed by atoms with Crippen LogP contribution in [0.2, 0.25) is 0 Å². The number of hydrogen-bond acceptors (Lipinski definition) is 6. The molecule has 2 aromatic rings. The Bertz CT molecular complexity index is 823. The van der Waals surface area contributed by atoms with Gasteiger partial charge >= 0.3 is 5.97 Å². The van der Waals surface area contributed by atoms with Crippen LogP contribution in [0, 0.1) is 6.92 Å². The molecule has 0 atom stereocenters. The molecule has 0 aliphatic heterocycles. The summed E-state index contributed by atoms with van der Waals surface area (Å²) < 4.78 is 21.1. The Morgan fingerprint density at radius 1 is 0.963 bits per heavy atom. The van der Waals surface area contributed by atoms with Crippen molar-refractivity contribution in [2.75, 3.05) is 33.3 Å². The third-order valence-electron chi connectivity index (χ3n) is 3.68. The van der Waals surface area contributed by atoms with Crippen molar-refractivity contribution in [3.8, 4) is 23.0 Å². The average Bonchev–Trinajstić information content (AvgIpc) is 2.65. The minimum Gasteiger partial charge on any atom is -0.495 e. The molecule has 0 fully saturated rings. The number of carbonyl (C=O) groups excluding carboxylic acids is 1. The molecule has 1 amide bonds. The van der Waals surface area contributed by atoms with Gasteiger partial charge in [0.05, 0.1) is 32.6 Å². The first-order valence-corrected chi connectivity index (χ1v) is 7.96. The van der Waals surface area contributed by atoms with Crippen LogP contribution in [-0.4, -0.2) is 44.9 Å². The normalized spacial score (nSPS) is 10.1. The number of nitrogens with one attached hydrogen (secondary N) is 1. The lowest BCUT2D eigenvalue weighted by molar-refractivity contribution is -0.118. The summed E-state index contributed by atoms with van der Waals surface area (Å²) in [6.07, 6.45) is 0. The Balaban J connectivity index is 2.17. The number of hydrogen-bond donors (Lipinski definition) is 2. The van der Waals surface area contributed by atoms with E-state index in [0.29, 0.717) is 11.4 Å². The van der Waals surface area contributed by atoms with Crippen LogP contribution in [0.1, 0.15) is 15.9 Å². The SMILES string of the molecule is COc1ccc(C)cc1NC(=O)COc1c(OC)cc(C(=O)O)cc1OC. The zero-order valence-electron chi connectivity index (χ0n) is 15.5. The fourth-order valence-corrected chi connectivity index (χ4v) is 2.39. The fraction of sp³-hybridized carbons (Fsp3) is 0.263. The second kappa shape index (κ2) is 8.79. The number of ether oxygens (including phenoxy) is 4. The van der Waals surface area contributed by atoms with Crippen molar-refractivity contribution in [3.63, 3.8) is 0 Å². The predicted molar refractivity (Wildman–Crippen MR) is 98.4 cm³/mol. The molecule has 0 saturated carbocycles. The van der Waals surface area contributed by atoms with Crippen LogP contribution in [-0.2, 0) is 4.79 Å². The number of carboxylic acid groups (broad SMARTS) is 1. The fourth-order valence-electron chi connectivity index (χ4n) is 2.39. The van der Waals surface area contributed by atoms with E-state index in [0.717, 1.165) is 5.56 Å². The summed E-state index contributed by atoms with van der Waals surface area (Å²) >= 11 is 0. The summed E-state index contributed by atoms with van der Waals surface area (Å²) in [6.45, 7) is 1.56. The second-order valence-corrected chi connectivity index (χ2v) is 5.56. The van der Waals surface area contributed by atoms with Gasteiger partial charge in [-0.3, -0.25) is 4.79 Å². The number of carboxylic acids is 1. The average molecular weight is 375 g/mol. The van der Waals surface area contributed by atoms with Crippen molar-refractivity contribution in [3.05, 3.63) is 41.5 Å². The minimum absolute atomic E-state index is 0.0231. The van der Waals surface area contributed by atoms with Crippen LogP contribution in [0.5, 0.6) is 23.0 Å². The van der Waals surface area contributed by atoms with Gasteiger partial charge in [0.2, 0.25) is 5.75 Å². The number of aromatic carboxylic acids is 1. The number of rotatable bonds is 8. The first kappa shape index (κ1) is 19.9. The maximum absolute atomic E-state index is 12.3. The van der Waals surface area contributed by atoms with Crippen molar-refractivity contribution in [2.24, 2.45) is 0 Å². The number of benzene rings is 2. The Hall–Kier alpha value is -3.42. The quantitative estimate of drug-likeness (QED) is 0.731. The third kappa shape index (κ3) is 4.81. The largest absolute Gasteiger partial charge is 0.495 e. The molecular weight excluding hydrogens is 354 g/mol. The highest BCUT2D eigenvalue weighted by Crippen LogP contribution is 2.38. The van der Waals surface area contributed by atoms with Gasteiger partial charge in [-0.05, 0) is 36.8 Å². The molecule has 8 nitrogen and oxygen atoms in total. The summed E-state index contributed by atoms with van der Waals surface area (Å²) in [5, 5.41) is 11.9. The highest BCUT2D eigenvalue weighted by atomic mass is 16.5. The van der Waals surface area contributed by atoms with E-state index in [-0.39, 0.29) is 29.4 Å². The van der Waals surface area contributed by atoms with E-state index in [2.05, 4.69) is 5.32 Å². The summed E-state index contributed by atoms with van der Waals surface area (Å²) in [5.74, 6) is -0.612. The molecule has 0 heterocycles. The molecule has 0 aliphatic carbocycles. The van der Waals surface area contributed by atoms with Gasteiger partial charge in [-0.1, -0.05) is 6.07 Å². The minimum atomic E-state index is -1.14. The molecule has 0 spiro atoms. The predicted octanol–water partition coefficient (Wildman–Crippen LogP) is 2.74. The summed E-state index contributed by atoms with van der Waals surface area (Å²) in [6, 6.07) is 7.98. The third-order valence-corrected chi connectivity index (χ3v) is 3.68. The molecule has 0 aromatic heterocycles. The molecule has 27 heavy (non-hydrogen) atoms. The van der Waals surface area contributed by atoms with Crippen molar-refractivity contribution >= 4 is 17.6 Å². The standard InChI is InChI=1S/C19H21NO7/c1-11-5-6-14(24-2)13(7-11)20-17(21)10-27-18-15(25-3)8-12(19(22)23)9-16(18)26-4/h5-9H,10H2,1-4H3,(H,20,21)(H,22,23). The number of aryl methyl sites for hydroxylation is 1. The Morgan fingerprint density at radius 3 is 2.07 bits per heavy atom. The molecular formula is C19H21NO7. The van der Waals surface area contributed by atoms with Crippen molar-refractivity contribution < 1.29 is 33.6 Å². The number of amides is 1. The molecule has 0 radical (unpaired) electrons. The van der Waals surface area contributed by atoms with E-state index in [9.17, 15) is 9.59 Å². The molecule has 8 heteroatoms. The van der Waals surface area contributed by atoms with E-state index >= 15 is 0 Å². The lowest BCUT2D eigenvalue weighted by Crippen LogP contribution is -2.21. The molecule has 2 rings (SSSR count). The molecule has 144 valence electrons. The molecule has 2 N–H and O–H groups in total. The molecule has 0 aliphatic rings. The van der Waals surface area contributed by atoms with Crippen molar-refractivity contribution in [1.29, 1.82) is 0 Å². The van der Waals surface area contributed by atoms with Gasteiger partial charge < -0.3 is 29.4 Å². The van der Waals surface area contributed by atoms with Gasteiger partial charge in [0.15, 0.2) is 18.1 Å². The Morgan fingerprint density at radius 2 is 1.56 bits per heavy atom. The van der Waals surface area contributed by atoms with Crippen molar-refractivity contribution in [2.45, 2.75) is 6.92 Å². The van der Waals surface area contributed by atoms with Gasteiger partial charge in [-0.2, -0.15) is 0 Å². The van der Waals surface area contributed by atoms with Gasteiger partial charge in [0, 0.05) is 0 Å². The molecule has 2 aromatic carbocycles. The van der Waals surface area contributed by atoms with Crippen LogP contribution < -0.4 is 24.3 Å². The van der Waals surface area contributed by atoms with Gasteiger partial charge in [-0.25, -0.2) is 4.79 Å². The lowest BCUT2D eigenvalue weighted by atomic mass is 10.2. The topological polar surface area (TPSA) is 103 Å². The molecule has 0 saturated heterocycles.